The van der Waals surface area contributed by atoms with Crippen molar-refractivity contribution in [2.75, 3.05) is 14.2 Å². The summed E-state index contributed by atoms with van der Waals surface area (Å²) in [7, 11) is 3.05. The molecule has 2 aromatic carbocycles. The molecule has 0 radical (unpaired) electrons. The summed E-state index contributed by atoms with van der Waals surface area (Å²) in [5.41, 5.74) is 3.05. The standard InChI is InChI=1S/C19H19F3N4O2.C7H7F/c1-11(18(27)28-3)15-8-9-24-17-16(14(10-23-2)25-26(15)17)12-4-6-13(7-5-12)19(20,21)22;1-6-3-2-4-7(8)5-6/h4-9,11,23H,10H2,1-3H3;2-5H,1H3. The summed E-state index contributed by atoms with van der Waals surface area (Å²) in [5.74, 6) is -1.17. The van der Waals surface area contributed by atoms with Crippen molar-refractivity contribution >= 4 is 11.6 Å². The molecule has 4 aromatic rings. The molecule has 0 fully saturated rings. The highest BCUT2D eigenvalue weighted by Gasteiger charge is 2.30. The van der Waals surface area contributed by atoms with Gasteiger partial charge in [0.05, 0.1) is 35.5 Å². The number of aryl methyl sites for hydroxylation is 1. The molecule has 0 spiro atoms. The van der Waals surface area contributed by atoms with Crippen molar-refractivity contribution in [2.24, 2.45) is 0 Å². The highest BCUT2D eigenvalue weighted by Crippen LogP contribution is 2.34. The SMILES string of the molecule is CNCc1nn2c(C(C)C(=O)OC)ccnc2c1-c1ccc(C(F)(F)F)cc1.Cc1cccc(F)c1. The molecule has 0 saturated carbocycles. The van der Waals surface area contributed by atoms with Crippen molar-refractivity contribution in [1.82, 2.24) is 19.9 Å². The lowest BCUT2D eigenvalue weighted by Crippen LogP contribution is -2.15. The van der Waals surface area contributed by atoms with Gasteiger partial charge in [-0.25, -0.2) is 13.9 Å². The molecular weight excluding hydrogens is 476 g/mol. The van der Waals surface area contributed by atoms with Gasteiger partial charge in [0, 0.05) is 12.7 Å². The lowest BCUT2D eigenvalue weighted by atomic mass is 10.0. The van der Waals surface area contributed by atoms with E-state index in [4.69, 9.17) is 4.74 Å². The normalized spacial score (nSPS) is 12.1. The number of carbonyl (C=O) groups is 1. The minimum Gasteiger partial charge on any atom is -0.469 e. The number of carbonyl (C=O) groups excluding carboxylic acids is 1. The fourth-order valence-electron chi connectivity index (χ4n) is 3.65. The van der Waals surface area contributed by atoms with Crippen LogP contribution in [0.25, 0.3) is 16.8 Å². The van der Waals surface area contributed by atoms with Crippen LogP contribution in [-0.2, 0) is 22.3 Å². The van der Waals surface area contributed by atoms with E-state index in [-0.39, 0.29) is 5.82 Å². The number of esters is 1. The van der Waals surface area contributed by atoms with Gasteiger partial charge in [-0.15, -0.1) is 0 Å². The number of nitrogens with one attached hydrogen (secondary N) is 1. The molecule has 0 bridgehead atoms. The van der Waals surface area contributed by atoms with Crippen LogP contribution in [0.1, 0.15) is 35.4 Å². The molecule has 0 aliphatic heterocycles. The largest absolute Gasteiger partial charge is 0.469 e. The van der Waals surface area contributed by atoms with Gasteiger partial charge in [-0.3, -0.25) is 4.79 Å². The lowest BCUT2D eigenvalue weighted by molar-refractivity contribution is -0.142. The number of alkyl halides is 3. The molecule has 190 valence electrons. The van der Waals surface area contributed by atoms with Crippen molar-refractivity contribution in [3.05, 3.63) is 89.1 Å². The summed E-state index contributed by atoms with van der Waals surface area (Å²) < 4.78 is 57.2. The van der Waals surface area contributed by atoms with Gasteiger partial charge in [0.1, 0.15) is 5.82 Å². The average Bonchev–Trinajstić information content (AvgIpc) is 3.21. The van der Waals surface area contributed by atoms with Crippen LogP contribution in [0.3, 0.4) is 0 Å². The molecule has 0 saturated heterocycles. The lowest BCUT2D eigenvalue weighted by Gasteiger charge is -2.11. The molecule has 0 aliphatic carbocycles. The van der Waals surface area contributed by atoms with E-state index in [1.165, 1.54) is 31.4 Å². The van der Waals surface area contributed by atoms with Crippen LogP contribution in [-0.4, -0.2) is 34.7 Å². The number of hydrogen-bond donors (Lipinski definition) is 1. The monoisotopic (exact) mass is 502 g/mol. The molecule has 2 aromatic heterocycles. The Hall–Kier alpha value is -3.79. The van der Waals surface area contributed by atoms with E-state index in [1.807, 2.05) is 13.0 Å². The predicted molar refractivity (Wildman–Crippen MR) is 128 cm³/mol. The average molecular weight is 503 g/mol. The molecule has 36 heavy (non-hydrogen) atoms. The molecule has 6 nitrogen and oxygen atoms in total. The Balaban J connectivity index is 0.000000383. The number of hydrogen-bond acceptors (Lipinski definition) is 5. The maximum Gasteiger partial charge on any atom is 0.416 e. The molecule has 1 atom stereocenters. The third-order valence-corrected chi connectivity index (χ3v) is 5.44. The van der Waals surface area contributed by atoms with E-state index in [9.17, 15) is 22.4 Å². The molecule has 0 amide bonds. The highest BCUT2D eigenvalue weighted by atomic mass is 19.4. The number of ether oxygens (including phenoxy) is 1. The Kier molecular flexibility index (Phi) is 8.41. The maximum atomic E-state index is 12.9. The van der Waals surface area contributed by atoms with E-state index in [0.717, 1.165) is 17.7 Å². The highest BCUT2D eigenvalue weighted by molar-refractivity contribution is 5.82. The van der Waals surface area contributed by atoms with Gasteiger partial charge >= 0.3 is 12.1 Å². The zero-order chi connectivity index (χ0) is 26.5. The number of rotatable bonds is 5. The van der Waals surface area contributed by atoms with Crippen LogP contribution >= 0.6 is 0 Å². The van der Waals surface area contributed by atoms with E-state index in [0.29, 0.717) is 34.7 Å². The summed E-state index contributed by atoms with van der Waals surface area (Å²) in [6.45, 7) is 3.94. The first kappa shape index (κ1) is 26.8. The van der Waals surface area contributed by atoms with E-state index in [2.05, 4.69) is 15.4 Å². The van der Waals surface area contributed by atoms with Crippen molar-refractivity contribution in [1.29, 1.82) is 0 Å². The van der Waals surface area contributed by atoms with Gasteiger partial charge in [-0.05, 0) is 62.4 Å². The Morgan fingerprint density at radius 2 is 1.83 bits per heavy atom. The zero-order valence-corrected chi connectivity index (χ0v) is 20.2. The predicted octanol–water partition coefficient (Wildman–Crippen LogP) is 5.55. The van der Waals surface area contributed by atoms with Crippen molar-refractivity contribution < 1.29 is 27.1 Å². The molecular formula is C26H26F4N4O2. The minimum absolute atomic E-state index is 0.162. The van der Waals surface area contributed by atoms with Crippen molar-refractivity contribution in [3.63, 3.8) is 0 Å². The smallest absolute Gasteiger partial charge is 0.416 e. The Morgan fingerprint density at radius 3 is 2.36 bits per heavy atom. The second kappa shape index (κ2) is 11.3. The Labute approximate surface area is 205 Å². The van der Waals surface area contributed by atoms with Crippen LogP contribution in [0.4, 0.5) is 17.6 Å². The van der Waals surface area contributed by atoms with Gasteiger partial charge in [0.2, 0.25) is 0 Å². The second-order valence-electron chi connectivity index (χ2n) is 8.08. The Morgan fingerprint density at radius 1 is 1.14 bits per heavy atom. The van der Waals surface area contributed by atoms with Crippen LogP contribution in [0.15, 0.2) is 60.8 Å². The van der Waals surface area contributed by atoms with Gasteiger partial charge in [0.15, 0.2) is 5.65 Å². The number of nitrogens with zero attached hydrogens (tertiary/aromatic N) is 3. The summed E-state index contributed by atoms with van der Waals surface area (Å²) in [4.78, 5) is 16.3. The maximum absolute atomic E-state index is 12.9. The zero-order valence-electron chi connectivity index (χ0n) is 20.2. The molecule has 1 N–H and O–H groups in total. The molecule has 0 aliphatic rings. The number of methoxy groups -OCH3 is 1. The first-order chi connectivity index (χ1) is 17.1. The third-order valence-electron chi connectivity index (χ3n) is 5.44. The quantitative estimate of drug-likeness (QED) is 0.287. The first-order valence-corrected chi connectivity index (χ1v) is 11.1. The van der Waals surface area contributed by atoms with Crippen molar-refractivity contribution in [3.8, 4) is 11.1 Å². The second-order valence-corrected chi connectivity index (χ2v) is 8.08. The number of fused-ring (bicyclic) bond motifs is 1. The first-order valence-electron chi connectivity index (χ1n) is 11.1. The van der Waals surface area contributed by atoms with Crippen molar-refractivity contribution in [2.45, 2.75) is 32.5 Å². The molecule has 10 heteroatoms. The Bertz CT molecular complexity index is 1320. The third kappa shape index (κ3) is 6.06. The van der Waals surface area contributed by atoms with Gasteiger partial charge in [-0.2, -0.15) is 18.3 Å². The molecule has 1 unspecified atom stereocenters. The van der Waals surface area contributed by atoms with Crippen LogP contribution in [0.5, 0.6) is 0 Å². The summed E-state index contributed by atoms with van der Waals surface area (Å²) in [5, 5.41) is 7.55. The fourth-order valence-corrected chi connectivity index (χ4v) is 3.65. The molecule has 4 rings (SSSR count). The number of halogens is 4. The minimum atomic E-state index is -4.41. The van der Waals surface area contributed by atoms with E-state index in [1.54, 1.807) is 36.8 Å². The molecule has 2 heterocycles. The van der Waals surface area contributed by atoms with E-state index < -0.39 is 23.6 Å². The summed E-state index contributed by atoms with van der Waals surface area (Å²) in [6.07, 6.45) is -2.86. The van der Waals surface area contributed by atoms with Gasteiger partial charge < -0.3 is 10.1 Å². The van der Waals surface area contributed by atoms with Crippen LogP contribution in [0, 0.1) is 12.7 Å². The summed E-state index contributed by atoms with van der Waals surface area (Å²) in [6, 6.07) is 13.0. The number of aromatic nitrogens is 3. The fraction of sp³-hybridized carbons (Fsp3) is 0.269. The summed E-state index contributed by atoms with van der Waals surface area (Å²) >= 11 is 0. The van der Waals surface area contributed by atoms with E-state index >= 15 is 0 Å². The number of benzene rings is 2. The van der Waals surface area contributed by atoms with Gasteiger partial charge in [-0.1, -0.05) is 24.3 Å². The van der Waals surface area contributed by atoms with Gasteiger partial charge in [0.25, 0.3) is 0 Å². The topological polar surface area (TPSA) is 68.5 Å². The van der Waals surface area contributed by atoms with Crippen LogP contribution < -0.4 is 5.32 Å². The van der Waals surface area contributed by atoms with Crippen LogP contribution in [0.2, 0.25) is 0 Å².